The maximum Gasteiger partial charge on any atom is 0.307 e. The zero-order chi connectivity index (χ0) is 13.8. The molecule has 0 fully saturated rings. The summed E-state index contributed by atoms with van der Waals surface area (Å²) in [5, 5.41) is 12.1. The van der Waals surface area contributed by atoms with E-state index in [4.69, 9.17) is 5.11 Å². The lowest BCUT2D eigenvalue weighted by atomic mass is 10.1. The van der Waals surface area contributed by atoms with Gasteiger partial charge in [-0.05, 0) is 42.3 Å². The Labute approximate surface area is 120 Å². The van der Waals surface area contributed by atoms with Crippen LogP contribution in [0.25, 0.3) is 0 Å². The minimum Gasteiger partial charge on any atom is -0.481 e. The normalized spacial score (nSPS) is 10.2. The second-order valence-corrected chi connectivity index (χ2v) is 5.27. The van der Waals surface area contributed by atoms with Crippen LogP contribution in [0.3, 0.4) is 0 Å². The van der Waals surface area contributed by atoms with Crippen LogP contribution in [-0.4, -0.2) is 11.1 Å². The fourth-order valence-electron chi connectivity index (χ4n) is 1.87. The van der Waals surface area contributed by atoms with Gasteiger partial charge in [0.05, 0.1) is 6.42 Å². The molecule has 0 spiro atoms. The van der Waals surface area contributed by atoms with E-state index < -0.39 is 5.97 Å². The van der Waals surface area contributed by atoms with Crippen LogP contribution in [0, 0.1) is 6.92 Å². The number of hydrogen-bond donors (Lipinski definition) is 2. The van der Waals surface area contributed by atoms with E-state index in [1.165, 1.54) is 0 Å². The SMILES string of the molecule is Cc1cc(CC(=O)O)ccc1Nc1cccc(Br)c1. The molecule has 0 atom stereocenters. The van der Waals surface area contributed by atoms with Crippen molar-refractivity contribution < 1.29 is 9.90 Å². The summed E-state index contributed by atoms with van der Waals surface area (Å²) in [6.45, 7) is 1.96. The highest BCUT2D eigenvalue weighted by Crippen LogP contribution is 2.23. The summed E-state index contributed by atoms with van der Waals surface area (Å²) in [6.07, 6.45) is 0.0536. The van der Waals surface area contributed by atoms with Gasteiger partial charge in [-0.25, -0.2) is 0 Å². The Balaban J connectivity index is 2.19. The Kier molecular flexibility index (Phi) is 4.22. The molecule has 2 aromatic rings. The maximum atomic E-state index is 10.7. The summed E-state index contributed by atoms with van der Waals surface area (Å²) in [6, 6.07) is 13.5. The molecular weight excluding hydrogens is 306 g/mol. The van der Waals surface area contributed by atoms with Gasteiger partial charge in [-0.2, -0.15) is 0 Å². The van der Waals surface area contributed by atoms with Crippen LogP contribution < -0.4 is 5.32 Å². The first-order valence-electron chi connectivity index (χ1n) is 5.88. The van der Waals surface area contributed by atoms with Gasteiger partial charge in [0.1, 0.15) is 0 Å². The summed E-state index contributed by atoms with van der Waals surface area (Å²) >= 11 is 3.43. The van der Waals surface area contributed by atoms with Crippen molar-refractivity contribution in [2.75, 3.05) is 5.32 Å². The fourth-order valence-corrected chi connectivity index (χ4v) is 2.27. The highest BCUT2D eigenvalue weighted by Gasteiger charge is 2.04. The molecular formula is C15H14BrNO2. The van der Waals surface area contributed by atoms with E-state index in [9.17, 15) is 4.79 Å². The van der Waals surface area contributed by atoms with Crippen molar-refractivity contribution >= 4 is 33.3 Å². The van der Waals surface area contributed by atoms with Crippen LogP contribution in [0.2, 0.25) is 0 Å². The lowest BCUT2D eigenvalue weighted by Gasteiger charge is -2.11. The number of aliphatic carboxylic acids is 1. The van der Waals surface area contributed by atoms with Crippen LogP contribution in [0.15, 0.2) is 46.9 Å². The third-order valence-electron chi connectivity index (χ3n) is 2.75. The zero-order valence-electron chi connectivity index (χ0n) is 10.5. The fraction of sp³-hybridized carbons (Fsp3) is 0.133. The molecule has 0 bridgehead atoms. The molecule has 2 rings (SSSR count). The molecule has 0 aliphatic rings. The number of anilines is 2. The van der Waals surface area contributed by atoms with Crippen molar-refractivity contribution in [3.05, 3.63) is 58.1 Å². The molecule has 2 aromatic carbocycles. The van der Waals surface area contributed by atoms with Crippen molar-refractivity contribution in [1.82, 2.24) is 0 Å². The molecule has 0 aromatic heterocycles. The second-order valence-electron chi connectivity index (χ2n) is 4.36. The number of nitrogens with one attached hydrogen (secondary N) is 1. The van der Waals surface area contributed by atoms with Crippen molar-refractivity contribution in [3.8, 4) is 0 Å². The summed E-state index contributed by atoms with van der Waals surface area (Å²) in [7, 11) is 0. The number of halogens is 1. The highest BCUT2D eigenvalue weighted by atomic mass is 79.9. The van der Waals surface area contributed by atoms with E-state index >= 15 is 0 Å². The number of hydrogen-bond acceptors (Lipinski definition) is 2. The van der Waals surface area contributed by atoms with Crippen LogP contribution in [0.1, 0.15) is 11.1 Å². The predicted octanol–water partition coefficient (Wildman–Crippen LogP) is 4.13. The molecule has 4 heteroatoms. The molecule has 19 heavy (non-hydrogen) atoms. The molecule has 0 heterocycles. The topological polar surface area (TPSA) is 49.3 Å². The van der Waals surface area contributed by atoms with Crippen LogP contribution in [-0.2, 0) is 11.2 Å². The molecule has 0 amide bonds. The second kappa shape index (κ2) is 5.89. The van der Waals surface area contributed by atoms with Crippen LogP contribution in [0.5, 0.6) is 0 Å². The van der Waals surface area contributed by atoms with E-state index in [1.54, 1.807) is 0 Å². The quantitative estimate of drug-likeness (QED) is 0.890. The summed E-state index contributed by atoms with van der Waals surface area (Å²) in [5.41, 5.74) is 3.80. The zero-order valence-corrected chi connectivity index (χ0v) is 12.1. The van der Waals surface area contributed by atoms with Crippen molar-refractivity contribution in [3.63, 3.8) is 0 Å². The van der Waals surface area contributed by atoms with Gasteiger partial charge in [0, 0.05) is 15.8 Å². The lowest BCUT2D eigenvalue weighted by molar-refractivity contribution is -0.136. The van der Waals surface area contributed by atoms with Gasteiger partial charge >= 0.3 is 5.97 Å². The van der Waals surface area contributed by atoms with Crippen molar-refractivity contribution in [1.29, 1.82) is 0 Å². The van der Waals surface area contributed by atoms with Gasteiger partial charge < -0.3 is 10.4 Å². The van der Waals surface area contributed by atoms with E-state index in [-0.39, 0.29) is 6.42 Å². The first-order chi connectivity index (χ1) is 9.04. The molecule has 0 unspecified atom stereocenters. The Morgan fingerprint density at radius 1 is 1.26 bits per heavy atom. The monoisotopic (exact) mass is 319 g/mol. The number of carboxylic acid groups (broad SMARTS) is 1. The Bertz CT molecular complexity index is 611. The molecule has 0 saturated carbocycles. The van der Waals surface area contributed by atoms with Gasteiger partial charge in [0.25, 0.3) is 0 Å². The molecule has 3 nitrogen and oxygen atoms in total. The van der Waals surface area contributed by atoms with Gasteiger partial charge in [-0.3, -0.25) is 4.79 Å². The predicted molar refractivity (Wildman–Crippen MR) is 79.9 cm³/mol. The van der Waals surface area contributed by atoms with E-state index in [1.807, 2.05) is 49.4 Å². The van der Waals surface area contributed by atoms with Gasteiger partial charge in [0.15, 0.2) is 0 Å². The number of aryl methyl sites for hydroxylation is 1. The average Bonchev–Trinajstić information content (AvgIpc) is 2.32. The molecule has 0 radical (unpaired) electrons. The minimum atomic E-state index is -0.813. The number of rotatable bonds is 4. The lowest BCUT2D eigenvalue weighted by Crippen LogP contribution is -2.01. The first kappa shape index (κ1) is 13.6. The summed E-state index contributed by atoms with van der Waals surface area (Å²) in [5.74, 6) is -0.813. The Morgan fingerprint density at radius 2 is 2.05 bits per heavy atom. The van der Waals surface area contributed by atoms with E-state index in [2.05, 4.69) is 21.2 Å². The highest BCUT2D eigenvalue weighted by molar-refractivity contribution is 9.10. The minimum absolute atomic E-state index is 0.0536. The molecule has 2 N–H and O–H groups in total. The standard InChI is InChI=1S/C15H14BrNO2/c1-10-7-11(8-15(18)19)5-6-14(10)17-13-4-2-3-12(16)9-13/h2-7,9,17H,8H2,1H3,(H,18,19). The molecule has 0 aliphatic carbocycles. The first-order valence-corrected chi connectivity index (χ1v) is 6.68. The van der Waals surface area contributed by atoms with Crippen LogP contribution in [0.4, 0.5) is 11.4 Å². The molecule has 0 saturated heterocycles. The third-order valence-corrected chi connectivity index (χ3v) is 3.24. The van der Waals surface area contributed by atoms with Crippen LogP contribution >= 0.6 is 15.9 Å². The number of carbonyl (C=O) groups is 1. The van der Waals surface area contributed by atoms with Crippen molar-refractivity contribution in [2.24, 2.45) is 0 Å². The maximum absolute atomic E-state index is 10.7. The molecule has 98 valence electrons. The van der Waals surface area contributed by atoms with E-state index in [0.29, 0.717) is 0 Å². The van der Waals surface area contributed by atoms with E-state index in [0.717, 1.165) is 27.0 Å². The van der Waals surface area contributed by atoms with Crippen molar-refractivity contribution in [2.45, 2.75) is 13.3 Å². The van der Waals surface area contributed by atoms with Gasteiger partial charge in [-0.15, -0.1) is 0 Å². The number of benzene rings is 2. The smallest absolute Gasteiger partial charge is 0.307 e. The summed E-state index contributed by atoms with van der Waals surface area (Å²) in [4.78, 5) is 10.7. The third kappa shape index (κ3) is 3.83. The van der Waals surface area contributed by atoms with Gasteiger partial charge in [0.2, 0.25) is 0 Å². The summed E-state index contributed by atoms with van der Waals surface area (Å²) < 4.78 is 1.01. The Morgan fingerprint density at radius 3 is 2.68 bits per heavy atom. The largest absolute Gasteiger partial charge is 0.481 e. The Hall–Kier alpha value is -1.81. The number of carboxylic acids is 1. The van der Waals surface area contributed by atoms with Gasteiger partial charge in [-0.1, -0.05) is 34.1 Å². The average molecular weight is 320 g/mol. The molecule has 0 aliphatic heterocycles.